The molecule has 0 atom stereocenters. The summed E-state index contributed by atoms with van der Waals surface area (Å²) in [5, 5.41) is 0.563. The minimum absolute atomic E-state index is 0.00389. The Bertz CT molecular complexity index is 976. The topological polar surface area (TPSA) is 38.1 Å². The summed E-state index contributed by atoms with van der Waals surface area (Å²) in [6, 6.07) is 11.9. The third-order valence-electron chi connectivity index (χ3n) is 5.02. The molecule has 0 unspecified atom stereocenters. The number of aromatic nitrogens is 2. The second kappa shape index (κ2) is 6.72. The van der Waals surface area contributed by atoms with Crippen molar-refractivity contribution < 1.29 is 9.18 Å². The van der Waals surface area contributed by atoms with Crippen LogP contribution in [-0.4, -0.2) is 33.4 Å². The largest absolute Gasteiger partial charge is 0.338 e. The van der Waals surface area contributed by atoms with E-state index in [1.54, 1.807) is 36.4 Å². The molecule has 0 N–H and O–H groups in total. The molecule has 6 heteroatoms. The number of likely N-dealkylation sites (tertiary alicyclic amines) is 1. The fourth-order valence-electron chi connectivity index (χ4n) is 3.78. The second-order valence-electron chi connectivity index (χ2n) is 6.70. The molecule has 1 amide bonds. The van der Waals surface area contributed by atoms with Gasteiger partial charge < -0.3 is 9.47 Å². The summed E-state index contributed by atoms with van der Waals surface area (Å²) in [6.45, 7) is 3.26. The number of imidazole rings is 1. The highest BCUT2D eigenvalue weighted by Gasteiger charge is 2.26. The summed E-state index contributed by atoms with van der Waals surface area (Å²) in [5.41, 5.74) is 2.24. The van der Waals surface area contributed by atoms with E-state index in [1.165, 1.54) is 6.07 Å². The van der Waals surface area contributed by atoms with Crippen molar-refractivity contribution in [2.75, 3.05) is 13.1 Å². The van der Waals surface area contributed by atoms with Gasteiger partial charge >= 0.3 is 0 Å². The predicted octanol–water partition coefficient (Wildman–Crippen LogP) is 4.61. The van der Waals surface area contributed by atoms with Crippen LogP contribution in [0.4, 0.5) is 4.39 Å². The summed E-state index contributed by atoms with van der Waals surface area (Å²) in [4.78, 5) is 19.1. The molecule has 26 heavy (non-hydrogen) atoms. The van der Waals surface area contributed by atoms with Crippen LogP contribution in [0.15, 0.2) is 42.5 Å². The number of carbonyl (C=O) groups excluding carboxylic acids is 1. The van der Waals surface area contributed by atoms with Crippen LogP contribution in [0.5, 0.6) is 0 Å². The lowest BCUT2D eigenvalue weighted by Crippen LogP contribution is -2.39. The number of hydrogen-bond donors (Lipinski definition) is 0. The molecule has 1 fully saturated rings. The van der Waals surface area contributed by atoms with E-state index in [9.17, 15) is 9.18 Å². The Balaban J connectivity index is 1.53. The van der Waals surface area contributed by atoms with Crippen molar-refractivity contribution in [2.45, 2.75) is 25.8 Å². The Morgan fingerprint density at radius 2 is 1.96 bits per heavy atom. The molecular weight excluding hydrogens is 353 g/mol. The van der Waals surface area contributed by atoms with Crippen LogP contribution in [0.3, 0.4) is 0 Å². The molecule has 1 saturated heterocycles. The van der Waals surface area contributed by atoms with Crippen molar-refractivity contribution in [2.24, 2.45) is 0 Å². The number of halogens is 2. The van der Waals surface area contributed by atoms with Gasteiger partial charge in [0.1, 0.15) is 11.6 Å². The zero-order valence-corrected chi connectivity index (χ0v) is 15.2. The lowest BCUT2D eigenvalue weighted by atomic mass is 10.0. The van der Waals surface area contributed by atoms with Gasteiger partial charge in [-0.15, -0.1) is 0 Å². The van der Waals surface area contributed by atoms with Crippen molar-refractivity contribution >= 4 is 28.5 Å². The third-order valence-corrected chi connectivity index (χ3v) is 5.25. The lowest BCUT2D eigenvalue weighted by molar-refractivity contribution is 0.0695. The lowest BCUT2D eigenvalue weighted by Gasteiger charge is -2.33. The SMILES string of the molecule is Cc1nc2ccc(F)cc2n1C1CCN(C(=O)c2cccc(Cl)c2)CC1. The molecule has 134 valence electrons. The summed E-state index contributed by atoms with van der Waals surface area (Å²) in [6.07, 6.45) is 1.63. The van der Waals surface area contributed by atoms with Gasteiger partial charge in [0, 0.05) is 29.7 Å². The van der Waals surface area contributed by atoms with Crippen molar-refractivity contribution in [1.82, 2.24) is 14.5 Å². The number of benzene rings is 2. The second-order valence-corrected chi connectivity index (χ2v) is 7.13. The van der Waals surface area contributed by atoms with E-state index < -0.39 is 0 Å². The van der Waals surface area contributed by atoms with Crippen molar-refractivity contribution in [3.8, 4) is 0 Å². The maximum absolute atomic E-state index is 13.7. The first-order chi connectivity index (χ1) is 12.5. The van der Waals surface area contributed by atoms with Gasteiger partial charge in [0.2, 0.25) is 0 Å². The minimum Gasteiger partial charge on any atom is -0.338 e. The maximum Gasteiger partial charge on any atom is 0.253 e. The maximum atomic E-state index is 13.7. The molecule has 3 aromatic rings. The monoisotopic (exact) mass is 371 g/mol. The molecule has 0 saturated carbocycles. The van der Waals surface area contributed by atoms with E-state index in [0.717, 1.165) is 29.7 Å². The zero-order valence-electron chi connectivity index (χ0n) is 14.5. The molecule has 1 aliphatic heterocycles. The number of carbonyl (C=O) groups is 1. The van der Waals surface area contributed by atoms with Crippen LogP contribution >= 0.6 is 11.6 Å². The quantitative estimate of drug-likeness (QED) is 0.659. The normalized spacial score (nSPS) is 15.6. The molecule has 4 nitrogen and oxygen atoms in total. The van der Waals surface area contributed by atoms with Gasteiger partial charge in [-0.25, -0.2) is 9.37 Å². The molecule has 1 aromatic heterocycles. The Hall–Kier alpha value is -2.40. The van der Waals surface area contributed by atoms with E-state index in [2.05, 4.69) is 9.55 Å². The smallest absolute Gasteiger partial charge is 0.253 e. The van der Waals surface area contributed by atoms with Gasteiger partial charge in [-0.05, 0) is 56.2 Å². The first kappa shape index (κ1) is 17.0. The molecule has 1 aliphatic rings. The highest BCUT2D eigenvalue weighted by Crippen LogP contribution is 2.29. The van der Waals surface area contributed by atoms with Crippen LogP contribution in [0.25, 0.3) is 11.0 Å². The number of nitrogens with zero attached hydrogens (tertiary/aromatic N) is 3. The summed E-state index contributed by atoms with van der Waals surface area (Å²) in [7, 11) is 0. The van der Waals surface area contributed by atoms with Crippen LogP contribution in [0, 0.1) is 12.7 Å². The van der Waals surface area contributed by atoms with Crippen LogP contribution in [-0.2, 0) is 0 Å². The van der Waals surface area contributed by atoms with Crippen LogP contribution < -0.4 is 0 Å². The van der Waals surface area contributed by atoms with E-state index in [0.29, 0.717) is 23.7 Å². The van der Waals surface area contributed by atoms with Crippen molar-refractivity contribution in [1.29, 1.82) is 0 Å². The van der Waals surface area contributed by atoms with E-state index in [1.807, 2.05) is 11.8 Å². The Morgan fingerprint density at radius 1 is 1.19 bits per heavy atom. The Kier molecular flexibility index (Phi) is 4.41. The van der Waals surface area contributed by atoms with Gasteiger partial charge in [-0.3, -0.25) is 4.79 Å². The van der Waals surface area contributed by atoms with E-state index >= 15 is 0 Å². The number of piperidine rings is 1. The molecule has 4 rings (SSSR count). The number of aryl methyl sites for hydroxylation is 1. The van der Waals surface area contributed by atoms with Gasteiger partial charge in [0.25, 0.3) is 5.91 Å². The first-order valence-electron chi connectivity index (χ1n) is 8.72. The molecule has 0 radical (unpaired) electrons. The van der Waals surface area contributed by atoms with Gasteiger partial charge in [-0.2, -0.15) is 0 Å². The highest BCUT2D eigenvalue weighted by molar-refractivity contribution is 6.30. The van der Waals surface area contributed by atoms with Crippen molar-refractivity contribution in [3.63, 3.8) is 0 Å². The van der Waals surface area contributed by atoms with E-state index in [-0.39, 0.29) is 17.8 Å². The number of fused-ring (bicyclic) bond motifs is 1. The molecule has 2 aromatic carbocycles. The number of rotatable bonds is 2. The molecule has 2 heterocycles. The Morgan fingerprint density at radius 3 is 2.69 bits per heavy atom. The predicted molar refractivity (Wildman–Crippen MR) is 100 cm³/mol. The third kappa shape index (κ3) is 3.07. The summed E-state index contributed by atoms with van der Waals surface area (Å²) in [5.74, 6) is 0.627. The minimum atomic E-state index is -0.257. The number of amides is 1. The Labute approximate surface area is 156 Å². The average molecular weight is 372 g/mol. The van der Waals surface area contributed by atoms with Crippen molar-refractivity contribution in [3.05, 3.63) is 64.7 Å². The number of hydrogen-bond acceptors (Lipinski definition) is 2. The average Bonchev–Trinajstić information content (AvgIpc) is 2.96. The van der Waals surface area contributed by atoms with Crippen LogP contribution in [0.2, 0.25) is 5.02 Å². The first-order valence-corrected chi connectivity index (χ1v) is 9.09. The summed E-state index contributed by atoms with van der Waals surface area (Å²) >= 11 is 5.99. The highest BCUT2D eigenvalue weighted by atomic mass is 35.5. The molecule has 0 bridgehead atoms. The van der Waals surface area contributed by atoms with Gasteiger partial charge in [0.05, 0.1) is 11.0 Å². The molecular formula is C20H19ClFN3O. The fourth-order valence-corrected chi connectivity index (χ4v) is 3.97. The van der Waals surface area contributed by atoms with Crippen LogP contribution in [0.1, 0.15) is 35.1 Å². The standard InChI is InChI=1S/C20H19ClFN3O/c1-13-23-18-6-5-16(22)12-19(18)25(13)17-7-9-24(10-8-17)20(26)14-3-2-4-15(21)11-14/h2-6,11-12,17H,7-10H2,1H3. The van der Waals surface area contributed by atoms with Gasteiger partial charge in [0.15, 0.2) is 0 Å². The fraction of sp³-hybridized carbons (Fsp3) is 0.300. The zero-order chi connectivity index (χ0) is 18.3. The van der Waals surface area contributed by atoms with Gasteiger partial charge in [-0.1, -0.05) is 17.7 Å². The molecule has 0 aliphatic carbocycles. The summed E-state index contributed by atoms with van der Waals surface area (Å²) < 4.78 is 15.8. The molecule has 0 spiro atoms. The van der Waals surface area contributed by atoms with E-state index in [4.69, 9.17) is 11.6 Å².